The van der Waals surface area contributed by atoms with Crippen LogP contribution in [-0.2, 0) is 14.8 Å². The Hall–Kier alpha value is -1.40. The lowest BCUT2D eigenvalue weighted by molar-refractivity contribution is 0.0600. The molecule has 0 aliphatic rings. The van der Waals surface area contributed by atoms with Crippen LogP contribution in [0.15, 0.2) is 23.1 Å². The van der Waals surface area contributed by atoms with Gasteiger partial charge >= 0.3 is 5.97 Å². The van der Waals surface area contributed by atoms with E-state index in [2.05, 4.69) is 4.74 Å². The van der Waals surface area contributed by atoms with E-state index in [0.717, 1.165) is 4.31 Å². The zero-order valence-electron chi connectivity index (χ0n) is 10.2. The number of carbonyl (C=O) groups is 1. The summed E-state index contributed by atoms with van der Waals surface area (Å²) in [5.41, 5.74) is 0.851. The average Bonchev–Trinajstić information content (AvgIpc) is 2.27. The van der Waals surface area contributed by atoms with E-state index in [4.69, 9.17) is 0 Å². The lowest BCUT2D eigenvalue weighted by Crippen LogP contribution is -2.23. The van der Waals surface area contributed by atoms with Crippen molar-refractivity contribution in [3.05, 3.63) is 29.3 Å². The average molecular weight is 257 g/mol. The number of nitrogens with zero attached hydrogens (tertiary/aromatic N) is 1. The molecule has 0 radical (unpaired) electrons. The maximum absolute atomic E-state index is 11.9. The quantitative estimate of drug-likeness (QED) is 0.759. The Labute approximate surface area is 101 Å². The van der Waals surface area contributed by atoms with Crippen LogP contribution in [0.5, 0.6) is 0 Å². The Morgan fingerprint density at radius 1 is 1.29 bits per heavy atom. The van der Waals surface area contributed by atoms with Crippen LogP contribution in [0.25, 0.3) is 0 Å². The molecule has 94 valence electrons. The molecular weight excluding hydrogens is 242 g/mol. The summed E-state index contributed by atoms with van der Waals surface area (Å²) in [6.45, 7) is 1.64. The van der Waals surface area contributed by atoms with Crippen LogP contribution >= 0.6 is 0 Å². The molecule has 1 rings (SSSR count). The smallest absolute Gasteiger partial charge is 0.337 e. The largest absolute Gasteiger partial charge is 0.465 e. The molecule has 0 saturated heterocycles. The molecule has 1 aromatic carbocycles. The zero-order chi connectivity index (χ0) is 13.2. The lowest BCUT2D eigenvalue weighted by Gasteiger charge is -2.13. The number of aryl methyl sites for hydroxylation is 1. The van der Waals surface area contributed by atoms with E-state index in [1.807, 2.05) is 0 Å². The van der Waals surface area contributed by atoms with E-state index < -0.39 is 16.0 Å². The van der Waals surface area contributed by atoms with Crippen LogP contribution in [0, 0.1) is 6.92 Å². The van der Waals surface area contributed by atoms with Crippen LogP contribution in [-0.4, -0.2) is 39.9 Å². The first-order valence-electron chi connectivity index (χ1n) is 4.92. The second kappa shape index (κ2) is 4.85. The van der Waals surface area contributed by atoms with Crippen molar-refractivity contribution in [1.29, 1.82) is 0 Å². The van der Waals surface area contributed by atoms with Crippen molar-refractivity contribution in [3.8, 4) is 0 Å². The number of esters is 1. The number of carbonyl (C=O) groups excluding carboxylic acids is 1. The number of ether oxygens (including phenoxy) is 1. The normalized spacial score (nSPS) is 11.6. The van der Waals surface area contributed by atoms with Crippen molar-refractivity contribution in [3.63, 3.8) is 0 Å². The van der Waals surface area contributed by atoms with E-state index in [1.165, 1.54) is 39.4 Å². The number of rotatable bonds is 3. The highest BCUT2D eigenvalue weighted by Crippen LogP contribution is 2.19. The summed E-state index contributed by atoms with van der Waals surface area (Å²) in [5.74, 6) is -0.484. The Morgan fingerprint density at radius 2 is 1.88 bits per heavy atom. The third kappa shape index (κ3) is 2.65. The second-order valence-corrected chi connectivity index (χ2v) is 5.88. The van der Waals surface area contributed by atoms with Gasteiger partial charge in [-0.15, -0.1) is 0 Å². The van der Waals surface area contributed by atoms with Gasteiger partial charge in [0.2, 0.25) is 10.0 Å². The number of benzene rings is 1. The molecule has 0 spiro atoms. The molecule has 0 atom stereocenters. The number of hydrogen-bond donors (Lipinski definition) is 0. The monoisotopic (exact) mass is 257 g/mol. The zero-order valence-corrected chi connectivity index (χ0v) is 11.0. The fourth-order valence-corrected chi connectivity index (χ4v) is 2.48. The van der Waals surface area contributed by atoms with Gasteiger partial charge in [-0.25, -0.2) is 17.5 Å². The standard InChI is InChI=1S/C11H15NO4S/c1-8-7-9(11(13)16-4)5-6-10(8)17(14,15)12(2)3/h5-7H,1-4H3. The van der Waals surface area contributed by atoms with E-state index in [9.17, 15) is 13.2 Å². The maximum Gasteiger partial charge on any atom is 0.337 e. The molecule has 0 N–H and O–H groups in total. The third-order valence-electron chi connectivity index (χ3n) is 2.35. The summed E-state index contributed by atoms with van der Waals surface area (Å²) < 4.78 is 29.5. The molecule has 0 fully saturated rings. The summed E-state index contributed by atoms with van der Waals surface area (Å²) in [7, 11) is 0.727. The maximum atomic E-state index is 11.9. The van der Waals surface area contributed by atoms with E-state index in [1.54, 1.807) is 6.92 Å². The number of methoxy groups -OCH3 is 1. The van der Waals surface area contributed by atoms with Gasteiger partial charge in [-0.05, 0) is 30.7 Å². The number of sulfonamides is 1. The van der Waals surface area contributed by atoms with Crippen molar-refractivity contribution < 1.29 is 17.9 Å². The summed E-state index contributed by atoms with van der Waals surface area (Å²) in [6, 6.07) is 4.36. The fraction of sp³-hybridized carbons (Fsp3) is 0.364. The van der Waals surface area contributed by atoms with Crippen LogP contribution < -0.4 is 0 Å². The summed E-state index contributed by atoms with van der Waals surface area (Å²) >= 11 is 0. The molecule has 0 aliphatic heterocycles. The first-order chi connectivity index (χ1) is 7.80. The highest BCUT2D eigenvalue weighted by Gasteiger charge is 2.20. The van der Waals surface area contributed by atoms with Crippen molar-refractivity contribution >= 4 is 16.0 Å². The molecule has 0 aromatic heterocycles. The Kier molecular flexibility index (Phi) is 3.90. The Balaban J connectivity index is 3.29. The molecule has 0 unspecified atom stereocenters. The first kappa shape index (κ1) is 13.7. The summed E-state index contributed by atoms with van der Waals surface area (Å²) in [5, 5.41) is 0. The van der Waals surface area contributed by atoms with Crippen LogP contribution in [0.2, 0.25) is 0 Å². The minimum Gasteiger partial charge on any atom is -0.465 e. The van der Waals surface area contributed by atoms with Gasteiger partial charge in [0.05, 0.1) is 17.6 Å². The van der Waals surface area contributed by atoms with Gasteiger partial charge in [0.1, 0.15) is 0 Å². The van der Waals surface area contributed by atoms with Crippen LogP contribution in [0.3, 0.4) is 0 Å². The molecule has 0 saturated carbocycles. The molecule has 5 nitrogen and oxygen atoms in total. The summed E-state index contributed by atoms with van der Waals surface area (Å²) in [4.78, 5) is 11.5. The highest BCUT2D eigenvalue weighted by atomic mass is 32.2. The SMILES string of the molecule is COC(=O)c1ccc(S(=O)(=O)N(C)C)c(C)c1. The first-order valence-corrected chi connectivity index (χ1v) is 6.36. The minimum absolute atomic E-state index is 0.190. The molecule has 1 aromatic rings. The van der Waals surface area contributed by atoms with Crippen molar-refractivity contribution in [2.45, 2.75) is 11.8 Å². The molecule has 0 heterocycles. The van der Waals surface area contributed by atoms with Gasteiger partial charge in [0.25, 0.3) is 0 Å². The van der Waals surface area contributed by atoms with Gasteiger partial charge < -0.3 is 4.74 Å². The Bertz CT molecular complexity index is 534. The molecule has 0 aliphatic carbocycles. The topological polar surface area (TPSA) is 63.7 Å². The van der Waals surface area contributed by atoms with E-state index in [0.29, 0.717) is 11.1 Å². The third-order valence-corrected chi connectivity index (χ3v) is 4.33. The fourth-order valence-electron chi connectivity index (χ4n) is 1.38. The van der Waals surface area contributed by atoms with Crippen molar-refractivity contribution in [2.24, 2.45) is 0 Å². The van der Waals surface area contributed by atoms with E-state index in [-0.39, 0.29) is 4.90 Å². The van der Waals surface area contributed by atoms with E-state index >= 15 is 0 Å². The van der Waals surface area contributed by atoms with Gasteiger partial charge in [-0.1, -0.05) is 0 Å². The van der Waals surface area contributed by atoms with Gasteiger partial charge in [-0.3, -0.25) is 0 Å². The lowest BCUT2D eigenvalue weighted by atomic mass is 10.1. The Morgan fingerprint density at radius 3 is 2.29 bits per heavy atom. The minimum atomic E-state index is -3.48. The molecular formula is C11H15NO4S. The summed E-state index contributed by atoms with van der Waals surface area (Å²) in [6.07, 6.45) is 0. The molecule has 6 heteroatoms. The van der Waals surface area contributed by atoms with Crippen molar-refractivity contribution in [2.75, 3.05) is 21.2 Å². The van der Waals surface area contributed by atoms with Gasteiger partial charge in [-0.2, -0.15) is 0 Å². The van der Waals surface area contributed by atoms with Crippen molar-refractivity contribution in [1.82, 2.24) is 4.31 Å². The molecule has 0 amide bonds. The van der Waals surface area contributed by atoms with Gasteiger partial charge in [0.15, 0.2) is 0 Å². The molecule has 17 heavy (non-hydrogen) atoms. The predicted molar refractivity (Wildman–Crippen MR) is 63.4 cm³/mol. The number of hydrogen-bond acceptors (Lipinski definition) is 4. The highest BCUT2D eigenvalue weighted by molar-refractivity contribution is 7.89. The second-order valence-electron chi connectivity index (χ2n) is 3.76. The molecule has 0 bridgehead atoms. The van der Waals surface area contributed by atoms with Crippen LogP contribution in [0.4, 0.5) is 0 Å². The van der Waals surface area contributed by atoms with Crippen LogP contribution in [0.1, 0.15) is 15.9 Å². The predicted octanol–water partition coefficient (Wildman–Crippen LogP) is 1.03. The van der Waals surface area contributed by atoms with Gasteiger partial charge in [0, 0.05) is 14.1 Å².